The number of alkyl halides is 1. The molecular formula is C12H15FN4O2. The number of imidazole rings is 1. The first-order chi connectivity index (χ1) is 9.13. The summed E-state index contributed by atoms with van der Waals surface area (Å²) in [6.45, 7) is 3.80. The molecule has 7 heteroatoms. The Bertz CT molecular complexity index is 652. The molecule has 1 aliphatic heterocycles. The number of fused-ring (bicyclic) bond motifs is 1. The van der Waals surface area contributed by atoms with Gasteiger partial charge in [-0.2, -0.15) is 0 Å². The van der Waals surface area contributed by atoms with Crippen LogP contribution in [0.3, 0.4) is 0 Å². The molecule has 0 bridgehead atoms. The summed E-state index contributed by atoms with van der Waals surface area (Å²) in [6.07, 6.45) is 1.42. The summed E-state index contributed by atoms with van der Waals surface area (Å²) in [5, 5.41) is 0. The Morgan fingerprint density at radius 3 is 3.00 bits per heavy atom. The highest BCUT2D eigenvalue weighted by Crippen LogP contribution is 2.38. The second-order valence-electron chi connectivity index (χ2n) is 4.83. The van der Waals surface area contributed by atoms with Gasteiger partial charge in [0.05, 0.1) is 18.8 Å². The summed E-state index contributed by atoms with van der Waals surface area (Å²) in [6, 6.07) is 0. The number of nitrogens with zero attached hydrogens (tertiary/aromatic N) is 3. The van der Waals surface area contributed by atoms with Crippen molar-refractivity contribution in [3.05, 3.63) is 23.0 Å². The molecule has 2 aromatic heterocycles. The van der Waals surface area contributed by atoms with E-state index in [2.05, 4.69) is 15.0 Å². The van der Waals surface area contributed by atoms with Crippen LogP contribution in [0.15, 0.2) is 17.4 Å². The van der Waals surface area contributed by atoms with Crippen LogP contribution in [0.2, 0.25) is 0 Å². The zero-order valence-electron chi connectivity index (χ0n) is 10.7. The first kappa shape index (κ1) is 12.3. The SMILES string of the molecule is CC[C@H]1O[C@@H](n2cnc3c(=O)[nH]cnc32)[C@H](F)[C@@H]1C. The number of H-pyrrole nitrogens is 1. The highest BCUT2D eigenvalue weighted by molar-refractivity contribution is 5.68. The first-order valence-electron chi connectivity index (χ1n) is 6.33. The third kappa shape index (κ3) is 1.76. The predicted molar refractivity (Wildman–Crippen MR) is 66.4 cm³/mol. The van der Waals surface area contributed by atoms with Gasteiger partial charge in [-0.25, -0.2) is 14.4 Å². The van der Waals surface area contributed by atoms with Gasteiger partial charge >= 0.3 is 0 Å². The van der Waals surface area contributed by atoms with Gasteiger partial charge in [0.1, 0.15) is 0 Å². The molecule has 19 heavy (non-hydrogen) atoms. The van der Waals surface area contributed by atoms with E-state index in [0.717, 1.165) is 6.42 Å². The average molecular weight is 266 g/mol. The number of hydrogen-bond donors (Lipinski definition) is 1. The van der Waals surface area contributed by atoms with Crippen molar-refractivity contribution >= 4 is 11.2 Å². The molecule has 1 N–H and O–H groups in total. The fourth-order valence-corrected chi connectivity index (χ4v) is 2.58. The Morgan fingerprint density at radius 1 is 1.53 bits per heavy atom. The first-order valence-corrected chi connectivity index (χ1v) is 6.33. The predicted octanol–water partition coefficient (Wildman–Crippen LogP) is 1.40. The summed E-state index contributed by atoms with van der Waals surface area (Å²) in [5.74, 6) is -0.186. The highest BCUT2D eigenvalue weighted by atomic mass is 19.1. The van der Waals surface area contributed by atoms with Gasteiger partial charge in [0.15, 0.2) is 23.6 Å². The van der Waals surface area contributed by atoms with E-state index < -0.39 is 12.4 Å². The van der Waals surface area contributed by atoms with Crippen LogP contribution < -0.4 is 5.56 Å². The molecule has 3 rings (SSSR count). The standard InChI is InChI=1S/C12H15FN4O2/c1-3-7-6(2)8(13)12(19-7)17-5-16-9-10(17)14-4-15-11(9)18/h4-8,12H,3H2,1-2H3,(H,14,15,18)/t6-,7-,8-,12-/m1/s1. The largest absolute Gasteiger partial charge is 0.351 e. The number of halogens is 1. The molecule has 0 spiro atoms. The smallest absolute Gasteiger partial charge is 0.278 e. The zero-order valence-corrected chi connectivity index (χ0v) is 10.7. The van der Waals surface area contributed by atoms with E-state index >= 15 is 0 Å². The number of aromatic amines is 1. The summed E-state index contributed by atoms with van der Waals surface area (Å²) < 4.78 is 21.5. The lowest BCUT2D eigenvalue weighted by Crippen LogP contribution is -2.20. The van der Waals surface area contributed by atoms with Crippen molar-refractivity contribution in [2.24, 2.45) is 5.92 Å². The van der Waals surface area contributed by atoms with Gasteiger partial charge in [-0.05, 0) is 6.42 Å². The Hall–Kier alpha value is -1.76. The Morgan fingerprint density at radius 2 is 2.32 bits per heavy atom. The molecule has 0 aromatic carbocycles. The molecule has 0 saturated carbocycles. The van der Waals surface area contributed by atoms with Crippen LogP contribution in [-0.2, 0) is 4.74 Å². The maximum absolute atomic E-state index is 14.3. The molecule has 6 nitrogen and oxygen atoms in total. The lowest BCUT2D eigenvalue weighted by atomic mass is 10.00. The molecule has 2 aromatic rings. The quantitative estimate of drug-likeness (QED) is 0.891. The number of nitrogens with one attached hydrogen (secondary N) is 1. The summed E-state index contributed by atoms with van der Waals surface area (Å²) in [7, 11) is 0. The molecule has 1 aliphatic rings. The van der Waals surface area contributed by atoms with E-state index in [-0.39, 0.29) is 23.1 Å². The summed E-state index contributed by atoms with van der Waals surface area (Å²) >= 11 is 0. The maximum atomic E-state index is 14.3. The van der Waals surface area contributed by atoms with Gasteiger partial charge in [-0.15, -0.1) is 0 Å². The topological polar surface area (TPSA) is 72.8 Å². The fourth-order valence-electron chi connectivity index (χ4n) is 2.58. The van der Waals surface area contributed by atoms with E-state index in [9.17, 15) is 9.18 Å². The van der Waals surface area contributed by atoms with Crippen molar-refractivity contribution in [3.8, 4) is 0 Å². The molecule has 0 unspecified atom stereocenters. The third-order valence-electron chi connectivity index (χ3n) is 3.72. The summed E-state index contributed by atoms with van der Waals surface area (Å²) in [4.78, 5) is 22.0. The Kier molecular flexibility index (Phi) is 2.85. The third-order valence-corrected chi connectivity index (χ3v) is 3.72. The molecule has 1 saturated heterocycles. The fraction of sp³-hybridized carbons (Fsp3) is 0.583. The Balaban J connectivity index is 2.06. The van der Waals surface area contributed by atoms with Crippen LogP contribution in [0.4, 0.5) is 4.39 Å². The van der Waals surface area contributed by atoms with Gasteiger partial charge in [0, 0.05) is 5.92 Å². The van der Waals surface area contributed by atoms with Gasteiger partial charge < -0.3 is 9.72 Å². The minimum absolute atomic E-state index is 0.126. The van der Waals surface area contributed by atoms with Crippen molar-refractivity contribution < 1.29 is 9.13 Å². The monoisotopic (exact) mass is 266 g/mol. The van der Waals surface area contributed by atoms with Crippen LogP contribution in [0.1, 0.15) is 26.5 Å². The van der Waals surface area contributed by atoms with Crippen LogP contribution in [0.5, 0.6) is 0 Å². The number of hydrogen-bond acceptors (Lipinski definition) is 4. The molecule has 0 aliphatic carbocycles. The molecule has 4 atom stereocenters. The van der Waals surface area contributed by atoms with Crippen molar-refractivity contribution in [1.29, 1.82) is 0 Å². The van der Waals surface area contributed by atoms with E-state index in [1.54, 1.807) is 0 Å². The maximum Gasteiger partial charge on any atom is 0.278 e. The van der Waals surface area contributed by atoms with Crippen LogP contribution in [0, 0.1) is 5.92 Å². The molecule has 3 heterocycles. The summed E-state index contributed by atoms with van der Waals surface area (Å²) in [5.41, 5.74) is 0.212. The molecular weight excluding hydrogens is 251 g/mol. The van der Waals surface area contributed by atoms with Gasteiger partial charge in [-0.3, -0.25) is 9.36 Å². The minimum atomic E-state index is -1.14. The Labute approximate surface area is 108 Å². The second-order valence-corrected chi connectivity index (χ2v) is 4.83. The molecule has 0 amide bonds. The molecule has 0 radical (unpaired) electrons. The van der Waals surface area contributed by atoms with Gasteiger partial charge in [-0.1, -0.05) is 13.8 Å². The van der Waals surface area contributed by atoms with Gasteiger partial charge in [0.25, 0.3) is 5.56 Å². The van der Waals surface area contributed by atoms with Crippen LogP contribution in [-0.4, -0.2) is 31.8 Å². The lowest BCUT2D eigenvalue weighted by molar-refractivity contribution is -0.0186. The highest BCUT2D eigenvalue weighted by Gasteiger charge is 2.43. The molecule has 102 valence electrons. The second kappa shape index (κ2) is 4.41. The van der Waals surface area contributed by atoms with Crippen molar-refractivity contribution in [2.45, 2.75) is 38.8 Å². The van der Waals surface area contributed by atoms with E-state index in [1.165, 1.54) is 17.2 Å². The number of rotatable bonds is 2. The van der Waals surface area contributed by atoms with E-state index in [0.29, 0.717) is 5.65 Å². The van der Waals surface area contributed by atoms with Gasteiger partial charge in [0.2, 0.25) is 0 Å². The average Bonchev–Trinajstić information content (AvgIpc) is 2.94. The van der Waals surface area contributed by atoms with Crippen molar-refractivity contribution in [3.63, 3.8) is 0 Å². The van der Waals surface area contributed by atoms with Crippen LogP contribution in [0.25, 0.3) is 11.2 Å². The van der Waals surface area contributed by atoms with E-state index in [4.69, 9.17) is 4.74 Å². The van der Waals surface area contributed by atoms with E-state index in [1.807, 2.05) is 13.8 Å². The minimum Gasteiger partial charge on any atom is -0.351 e. The lowest BCUT2D eigenvalue weighted by Gasteiger charge is -2.15. The molecule has 1 fully saturated rings. The van der Waals surface area contributed by atoms with Crippen LogP contribution >= 0.6 is 0 Å². The van der Waals surface area contributed by atoms with Crippen molar-refractivity contribution in [1.82, 2.24) is 19.5 Å². The number of ether oxygens (including phenoxy) is 1. The number of aromatic nitrogens is 4. The van der Waals surface area contributed by atoms with Crippen molar-refractivity contribution in [2.75, 3.05) is 0 Å². The normalized spacial score (nSPS) is 31.1. The zero-order chi connectivity index (χ0) is 13.6.